The van der Waals surface area contributed by atoms with E-state index in [1.165, 1.54) is 0 Å². The van der Waals surface area contributed by atoms with Gasteiger partial charge < -0.3 is 10.5 Å². The van der Waals surface area contributed by atoms with E-state index in [1.807, 2.05) is 0 Å². The van der Waals surface area contributed by atoms with Gasteiger partial charge in [-0.15, -0.1) is 19.0 Å². The molecule has 0 aliphatic heterocycles. The SMILES string of the molecule is C=CC1C[C@@]1(N)C(=O)OCC.Cl. The van der Waals surface area contributed by atoms with Crippen LogP contribution in [0.2, 0.25) is 0 Å². The summed E-state index contributed by atoms with van der Waals surface area (Å²) < 4.78 is 4.79. The third kappa shape index (κ3) is 1.79. The van der Waals surface area contributed by atoms with Crippen LogP contribution >= 0.6 is 12.4 Å². The molecule has 1 aliphatic rings. The first-order chi connectivity index (χ1) is 5.15. The molecule has 1 aliphatic carbocycles. The first kappa shape index (κ1) is 11.5. The van der Waals surface area contributed by atoms with Gasteiger partial charge in [-0.1, -0.05) is 6.08 Å². The van der Waals surface area contributed by atoms with E-state index in [0.717, 1.165) is 0 Å². The minimum Gasteiger partial charge on any atom is -0.465 e. The van der Waals surface area contributed by atoms with Gasteiger partial charge in [0.15, 0.2) is 0 Å². The lowest BCUT2D eigenvalue weighted by atomic mass is 10.2. The van der Waals surface area contributed by atoms with E-state index in [0.29, 0.717) is 13.0 Å². The van der Waals surface area contributed by atoms with Crippen LogP contribution < -0.4 is 5.73 Å². The monoisotopic (exact) mass is 191 g/mol. The average molecular weight is 192 g/mol. The summed E-state index contributed by atoms with van der Waals surface area (Å²) in [6.07, 6.45) is 2.38. The highest BCUT2D eigenvalue weighted by molar-refractivity contribution is 5.85. The topological polar surface area (TPSA) is 52.3 Å². The first-order valence-electron chi connectivity index (χ1n) is 3.73. The summed E-state index contributed by atoms with van der Waals surface area (Å²) in [4.78, 5) is 11.1. The maximum Gasteiger partial charge on any atom is 0.326 e. The Balaban J connectivity index is 0.00000121. The zero-order valence-corrected chi connectivity index (χ0v) is 7.89. The van der Waals surface area contributed by atoms with Crippen molar-refractivity contribution in [2.45, 2.75) is 18.9 Å². The van der Waals surface area contributed by atoms with Crippen LogP contribution in [0.5, 0.6) is 0 Å². The van der Waals surface area contributed by atoms with E-state index in [4.69, 9.17) is 10.5 Å². The number of ether oxygens (including phenoxy) is 1. The van der Waals surface area contributed by atoms with Crippen LogP contribution in [0.25, 0.3) is 0 Å². The molecule has 1 rings (SSSR count). The van der Waals surface area contributed by atoms with Gasteiger partial charge in [-0.05, 0) is 13.3 Å². The second kappa shape index (κ2) is 3.92. The molecule has 2 N–H and O–H groups in total. The Kier molecular flexibility index (Phi) is 3.74. The van der Waals surface area contributed by atoms with Crippen LogP contribution in [0.15, 0.2) is 12.7 Å². The van der Waals surface area contributed by atoms with Crippen LogP contribution in [0.1, 0.15) is 13.3 Å². The smallest absolute Gasteiger partial charge is 0.326 e. The number of hydrogen-bond donors (Lipinski definition) is 1. The predicted molar refractivity (Wildman–Crippen MR) is 49.1 cm³/mol. The number of carbonyl (C=O) groups is 1. The Bertz CT molecular complexity index is 195. The number of carbonyl (C=O) groups excluding carboxylic acids is 1. The Hall–Kier alpha value is -0.540. The number of rotatable bonds is 3. The Morgan fingerprint density at radius 2 is 2.50 bits per heavy atom. The van der Waals surface area contributed by atoms with Gasteiger partial charge in [-0.3, -0.25) is 4.79 Å². The lowest BCUT2D eigenvalue weighted by Crippen LogP contribution is -2.36. The van der Waals surface area contributed by atoms with Crippen molar-refractivity contribution in [3.63, 3.8) is 0 Å². The van der Waals surface area contributed by atoms with E-state index >= 15 is 0 Å². The molecule has 1 saturated carbocycles. The maximum atomic E-state index is 11.1. The molecule has 0 bridgehead atoms. The molecule has 0 aromatic carbocycles. The van der Waals surface area contributed by atoms with Crippen molar-refractivity contribution >= 4 is 18.4 Å². The maximum absolute atomic E-state index is 11.1. The third-order valence-corrected chi connectivity index (χ3v) is 2.00. The predicted octanol–water partition coefficient (Wildman–Crippen LogP) is 0.875. The summed E-state index contributed by atoms with van der Waals surface area (Å²) in [5.74, 6) is -0.188. The van der Waals surface area contributed by atoms with E-state index in [2.05, 4.69) is 6.58 Å². The molecule has 4 heteroatoms. The molecule has 0 radical (unpaired) electrons. The highest BCUT2D eigenvalue weighted by Gasteiger charge is 2.56. The fourth-order valence-electron chi connectivity index (χ4n) is 1.10. The zero-order valence-electron chi connectivity index (χ0n) is 7.08. The molecule has 12 heavy (non-hydrogen) atoms. The van der Waals surface area contributed by atoms with Crippen molar-refractivity contribution in [2.75, 3.05) is 6.61 Å². The van der Waals surface area contributed by atoms with Crippen LogP contribution in [0, 0.1) is 5.92 Å². The summed E-state index contributed by atoms with van der Waals surface area (Å²) in [7, 11) is 0. The molecular formula is C8H14ClNO2. The van der Waals surface area contributed by atoms with Gasteiger partial charge in [0, 0.05) is 5.92 Å². The summed E-state index contributed by atoms with van der Waals surface area (Å²) in [5, 5.41) is 0. The second-order valence-corrected chi connectivity index (χ2v) is 2.81. The van der Waals surface area contributed by atoms with Crippen LogP contribution in [0.4, 0.5) is 0 Å². The number of nitrogens with two attached hydrogens (primary N) is 1. The number of halogens is 1. The molecule has 1 fully saturated rings. The fraction of sp³-hybridized carbons (Fsp3) is 0.625. The number of hydrogen-bond acceptors (Lipinski definition) is 3. The summed E-state index contributed by atoms with van der Waals surface area (Å²) in [6.45, 7) is 5.73. The van der Waals surface area contributed by atoms with Crippen molar-refractivity contribution in [3.05, 3.63) is 12.7 Å². The van der Waals surface area contributed by atoms with Gasteiger partial charge >= 0.3 is 5.97 Å². The molecule has 1 unspecified atom stereocenters. The van der Waals surface area contributed by atoms with Gasteiger partial charge in [0.25, 0.3) is 0 Å². The van der Waals surface area contributed by atoms with Crippen LogP contribution in [-0.2, 0) is 9.53 Å². The molecular weight excluding hydrogens is 178 g/mol. The lowest BCUT2D eigenvalue weighted by Gasteiger charge is -2.07. The van der Waals surface area contributed by atoms with Crippen molar-refractivity contribution in [3.8, 4) is 0 Å². The van der Waals surface area contributed by atoms with Gasteiger partial charge in [-0.25, -0.2) is 0 Å². The summed E-state index contributed by atoms with van der Waals surface area (Å²) >= 11 is 0. The van der Waals surface area contributed by atoms with Crippen molar-refractivity contribution in [1.29, 1.82) is 0 Å². The van der Waals surface area contributed by atoms with E-state index < -0.39 is 5.54 Å². The minimum atomic E-state index is -0.752. The highest BCUT2D eigenvalue weighted by Crippen LogP contribution is 2.42. The zero-order chi connectivity index (χ0) is 8.48. The second-order valence-electron chi connectivity index (χ2n) is 2.81. The molecule has 0 spiro atoms. The molecule has 0 aromatic heterocycles. The highest BCUT2D eigenvalue weighted by atomic mass is 35.5. The van der Waals surface area contributed by atoms with Crippen molar-refractivity contribution in [2.24, 2.45) is 11.7 Å². The number of esters is 1. The standard InChI is InChI=1S/C8H13NO2.ClH/c1-3-6-5-8(6,9)7(10)11-4-2;/h3,6H,1,4-5,9H2,2H3;1H/t6?,8-;/m0./s1. The lowest BCUT2D eigenvalue weighted by molar-refractivity contribution is -0.146. The van der Waals surface area contributed by atoms with Crippen molar-refractivity contribution in [1.82, 2.24) is 0 Å². The molecule has 3 nitrogen and oxygen atoms in total. The molecule has 70 valence electrons. The molecule has 0 amide bonds. The van der Waals surface area contributed by atoms with E-state index in [-0.39, 0.29) is 24.3 Å². The van der Waals surface area contributed by atoms with E-state index in [1.54, 1.807) is 13.0 Å². The quantitative estimate of drug-likeness (QED) is 0.532. The molecule has 0 aromatic rings. The van der Waals surface area contributed by atoms with Crippen molar-refractivity contribution < 1.29 is 9.53 Å². The summed E-state index contributed by atoms with van der Waals surface area (Å²) in [6, 6.07) is 0. The Labute approximate surface area is 78.4 Å². The average Bonchev–Trinajstić information content (AvgIpc) is 2.64. The third-order valence-electron chi connectivity index (χ3n) is 2.00. The molecule has 0 saturated heterocycles. The van der Waals surface area contributed by atoms with Gasteiger partial charge in [-0.2, -0.15) is 0 Å². The van der Waals surface area contributed by atoms with Gasteiger partial charge in [0.2, 0.25) is 0 Å². The first-order valence-corrected chi connectivity index (χ1v) is 3.73. The minimum absolute atomic E-state index is 0. The van der Waals surface area contributed by atoms with Gasteiger partial charge in [0.05, 0.1) is 6.61 Å². The fourth-order valence-corrected chi connectivity index (χ4v) is 1.10. The normalized spacial score (nSPS) is 31.7. The van der Waals surface area contributed by atoms with E-state index in [9.17, 15) is 4.79 Å². The summed E-state index contributed by atoms with van der Waals surface area (Å²) in [5.41, 5.74) is 4.93. The van der Waals surface area contributed by atoms with Gasteiger partial charge in [0.1, 0.15) is 5.54 Å². The Morgan fingerprint density at radius 1 is 1.92 bits per heavy atom. The molecule has 2 atom stereocenters. The van der Waals surface area contributed by atoms with Crippen LogP contribution in [0.3, 0.4) is 0 Å². The molecule has 0 heterocycles. The van der Waals surface area contributed by atoms with Crippen LogP contribution in [-0.4, -0.2) is 18.1 Å². The largest absolute Gasteiger partial charge is 0.465 e. The Morgan fingerprint density at radius 3 is 2.83 bits per heavy atom.